The minimum absolute atomic E-state index is 0.00552. The van der Waals surface area contributed by atoms with Crippen LogP contribution in [0.1, 0.15) is 37.2 Å². The lowest BCUT2D eigenvalue weighted by atomic mass is 10.0. The van der Waals surface area contributed by atoms with Gasteiger partial charge in [0.1, 0.15) is 23.6 Å². The lowest BCUT2D eigenvalue weighted by Crippen LogP contribution is -2.51. The van der Waals surface area contributed by atoms with Crippen LogP contribution in [0.5, 0.6) is 0 Å². The molecule has 3 amide bonds. The first-order chi connectivity index (χ1) is 18.5. The highest BCUT2D eigenvalue weighted by Crippen LogP contribution is 2.29. The summed E-state index contributed by atoms with van der Waals surface area (Å²) in [7, 11) is 1.38. The number of hydrogen-bond donors (Lipinski definition) is 2. The third kappa shape index (κ3) is 5.60. The van der Waals surface area contributed by atoms with Crippen molar-refractivity contribution in [2.24, 2.45) is 11.8 Å². The number of likely N-dealkylation sites (N-methyl/N-ethyl adjacent to an activating group) is 1. The molecule has 0 aliphatic carbocycles. The molecule has 1 aliphatic heterocycles. The van der Waals surface area contributed by atoms with Crippen molar-refractivity contribution >= 4 is 34.3 Å². The van der Waals surface area contributed by atoms with Gasteiger partial charge < -0.3 is 20.1 Å². The predicted octanol–water partition coefficient (Wildman–Crippen LogP) is 4.45. The molecule has 2 N–H and O–H groups in total. The number of likely N-dealkylation sites (tertiary alicyclic amines) is 1. The van der Waals surface area contributed by atoms with E-state index in [0.29, 0.717) is 11.8 Å². The predicted molar refractivity (Wildman–Crippen MR) is 138 cm³/mol. The van der Waals surface area contributed by atoms with E-state index in [1.54, 1.807) is 24.3 Å². The average Bonchev–Trinajstić information content (AvgIpc) is 3.55. The Balaban J connectivity index is 1.57. The van der Waals surface area contributed by atoms with Crippen LogP contribution in [0.25, 0.3) is 10.9 Å². The summed E-state index contributed by atoms with van der Waals surface area (Å²) in [6.45, 7) is 3.71. The molecule has 0 bridgehead atoms. The first-order valence-corrected chi connectivity index (χ1v) is 12.5. The van der Waals surface area contributed by atoms with Gasteiger partial charge in [0.25, 0.3) is 5.91 Å². The molecule has 3 aromatic rings. The second kappa shape index (κ2) is 11.2. The van der Waals surface area contributed by atoms with Crippen LogP contribution in [0.2, 0.25) is 0 Å². The highest BCUT2D eigenvalue weighted by atomic mass is 19.2. The Bertz CT molecular complexity index is 1450. The number of nitrogens with one attached hydrogen (secondary N) is 2. The molecule has 3 unspecified atom stereocenters. The molecule has 1 aliphatic rings. The molecule has 2 aromatic carbocycles. The molecule has 11 heteroatoms. The van der Waals surface area contributed by atoms with Gasteiger partial charge in [-0.2, -0.15) is 5.26 Å². The van der Waals surface area contributed by atoms with Gasteiger partial charge in [-0.15, -0.1) is 0 Å². The lowest BCUT2D eigenvalue weighted by Gasteiger charge is -2.32. The third-order valence-electron chi connectivity index (χ3n) is 6.90. The number of carbonyl (C=O) groups is 3. The molecule has 39 heavy (non-hydrogen) atoms. The maximum atomic E-state index is 14.2. The fourth-order valence-electron chi connectivity index (χ4n) is 4.85. The number of H-pyrrole nitrogens is 1. The molecule has 1 fully saturated rings. The summed E-state index contributed by atoms with van der Waals surface area (Å²) in [6.07, 6.45) is 0.368. The number of anilines is 1. The number of nitriles is 1. The summed E-state index contributed by atoms with van der Waals surface area (Å²) in [6, 6.07) is 10.5. The van der Waals surface area contributed by atoms with Crippen LogP contribution in [0.3, 0.4) is 0 Å². The number of para-hydroxylation sites is 1. The van der Waals surface area contributed by atoms with Crippen LogP contribution in [0.15, 0.2) is 42.5 Å². The number of hydrogen-bond acceptors (Lipinski definition) is 4. The fraction of sp³-hybridized carbons (Fsp3) is 0.357. The molecule has 1 aromatic heterocycles. The molecule has 2 heterocycles. The van der Waals surface area contributed by atoms with Crippen molar-refractivity contribution in [1.29, 1.82) is 5.26 Å². The molecule has 3 atom stereocenters. The van der Waals surface area contributed by atoms with Crippen molar-refractivity contribution in [2.45, 2.75) is 38.8 Å². The number of rotatable bonds is 7. The Morgan fingerprint density at radius 2 is 1.85 bits per heavy atom. The number of nitrogens with zero attached hydrogens (tertiary/aromatic N) is 3. The molecule has 0 radical (unpaired) electrons. The van der Waals surface area contributed by atoms with Crippen molar-refractivity contribution in [3.05, 3.63) is 65.6 Å². The minimum Gasteiger partial charge on any atom is -0.348 e. The maximum absolute atomic E-state index is 14.2. The van der Waals surface area contributed by atoms with Gasteiger partial charge >= 0.3 is 0 Å². The van der Waals surface area contributed by atoms with Crippen molar-refractivity contribution in [3.63, 3.8) is 0 Å². The Kier molecular flexibility index (Phi) is 7.95. The van der Waals surface area contributed by atoms with Gasteiger partial charge in [0.15, 0.2) is 11.6 Å². The van der Waals surface area contributed by atoms with Gasteiger partial charge in [0, 0.05) is 30.7 Å². The molecular formula is C28H28F3N5O3. The minimum atomic E-state index is -1.40. The van der Waals surface area contributed by atoms with E-state index in [0.717, 1.165) is 11.0 Å². The van der Waals surface area contributed by atoms with Gasteiger partial charge in [-0.1, -0.05) is 32.0 Å². The van der Waals surface area contributed by atoms with E-state index in [1.807, 2.05) is 19.9 Å². The standard InChI is InChI=1S/C28H28F3N5O3/c1-15(2)9-23(35(3)27(38)22-11-19-20(29)12-21(30)24(31)25(19)34-22)28(39)36-14-16(10-18(36)13-32)26(37)33-17-7-5-4-6-8-17/h4-8,11-12,15-16,18,23,34H,9-10,14H2,1-3H3,(H,33,37). The molecular weight excluding hydrogens is 511 g/mol. The monoisotopic (exact) mass is 539 g/mol. The number of aromatic nitrogens is 1. The van der Waals surface area contributed by atoms with Crippen LogP contribution in [0.4, 0.5) is 18.9 Å². The number of benzene rings is 2. The van der Waals surface area contributed by atoms with E-state index < -0.39 is 52.8 Å². The Hall–Kier alpha value is -4.33. The highest BCUT2D eigenvalue weighted by molar-refractivity contribution is 6.00. The van der Waals surface area contributed by atoms with Crippen molar-refractivity contribution in [2.75, 3.05) is 18.9 Å². The maximum Gasteiger partial charge on any atom is 0.270 e. The first kappa shape index (κ1) is 27.7. The average molecular weight is 540 g/mol. The highest BCUT2D eigenvalue weighted by Gasteiger charge is 2.43. The van der Waals surface area contributed by atoms with Gasteiger partial charge in [0.2, 0.25) is 11.8 Å². The number of fused-ring (bicyclic) bond motifs is 1. The van der Waals surface area contributed by atoms with Crippen LogP contribution in [-0.4, -0.2) is 58.2 Å². The lowest BCUT2D eigenvalue weighted by molar-refractivity contribution is -0.136. The summed E-state index contributed by atoms with van der Waals surface area (Å²) in [5.41, 5.74) is -0.127. The van der Waals surface area contributed by atoms with E-state index >= 15 is 0 Å². The number of aromatic amines is 1. The van der Waals surface area contributed by atoms with Crippen molar-refractivity contribution < 1.29 is 27.6 Å². The van der Waals surface area contributed by atoms with Crippen molar-refractivity contribution in [3.8, 4) is 6.07 Å². The van der Waals surface area contributed by atoms with Crippen LogP contribution in [-0.2, 0) is 9.59 Å². The normalized spacial score (nSPS) is 17.7. The van der Waals surface area contributed by atoms with Crippen LogP contribution in [0, 0.1) is 40.6 Å². The van der Waals surface area contributed by atoms with E-state index in [1.165, 1.54) is 11.9 Å². The molecule has 0 saturated carbocycles. The zero-order chi connectivity index (χ0) is 28.4. The molecule has 1 saturated heterocycles. The Morgan fingerprint density at radius 3 is 2.49 bits per heavy atom. The van der Waals surface area contributed by atoms with Crippen LogP contribution < -0.4 is 5.32 Å². The quantitative estimate of drug-likeness (QED) is 0.433. The number of halogens is 3. The second-order valence-corrected chi connectivity index (χ2v) is 10.1. The summed E-state index contributed by atoms with van der Waals surface area (Å²) < 4.78 is 42.1. The zero-order valence-electron chi connectivity index (χ0n) is 21.7. The topological polar surface area (TPSA) is 109 Å². The number of amides is 3. The molecule has 204 valence electrons. The third-order valence-corrected chi connectivity index (χ3v) is 6.90. The van der Waals surface area contributed by atoms with E-state index in [9.17, 15) is 32.8 Å². The van der Waals surface area contributed by atoms with E-state index in [2.05, 4.69) is 16.4 Å². The second-order valence-electron chi connectivity index (χ2n) is 10.1. The largest absolute Gasteiger partial charge is 0.348 e. The Labute approximate surface area is 223 Å². The van der Waals surface area contributed by atoms with E-state index in [-0.39, 0.29) is 42.3 Å². The smallest absolute Gasteiger partial charge is 0.270 e. The summed E-state index contributed by atoms with van der Waals surface area (Å²) in [5.74, 6) is -6.01. The molecule has 4 rings (SSSR count). The summed E-state index contributed by atoms with van der Waals surface area (Å²) in [5, 5.41) is 12.3. The van der Waals surface area contributed by atoms with E-state index in [4.69, 9.17) is 0 Å². The van der Waals surface area contributed by atoms with Crippen molar-refractivity contribution in [1.82, 2.24) is 14.8 Å². The van der Waals surface area contributed by atoms with Gasteiger partial charge in [-0.05, 0) is 37.0 Å². The Morgan fingerprint density at radius 1 is 1.15 bits per heavy atom. The van der Waals surface area contributed by atoms with Crippen LogP contribution >= 0.6 is 0 Å². The summed E-state index contributed by atoms with van der Waals surface area (Å²) in [4.78, 5) is 44.9. The van der Waals surface area contributed by atoms with Gasteiger partial charge in [-0.25, -0.2) is 13.2 Å². The van der Waals surface area contributed by atoms with Gasteiger partial charge in [-0.3, -0.25) is 14.4 Å². The fourth-order valence-corrected chi connectivity index (χ4v) is 4.85. The van der Waals surface area contributed by atoms with Gasteiger partial charge in [0.05, 0.1) is 17.5 Å². The summed E-state index contributed by atoms with van der Waals surface area (Å²) >= 11 is 0. The molecule has 8 nitrogen and oxygen atoms in total. The first-order valence-electron chi connectivity index (χ1n) is 12.5. The number of carbonyl (C=O) groups excluding carboxylic acids is 3. The molecule has 0 spiro atoms. The SMILES string of the molecule is CC(C)CC(C(=O)N1CC(C(=O)Nc2ccccc2)CC1C#N)N(C)C(=O)c1cc2c(F)cc(F)c(F)c2[nH]1. The zero-order valence-corrected chi connectivity index (χ0v) is 21.7.